The molecule has 0 aromatic heterocycles. The SMILES string of the molecule is CC(=O)C(F)(F)C[C@@H](C)[C@H]1CC[C@@]2(N)[C@@H]3CC=C4C[C@@](C)(O)CC[C@]4(C)[C@H]3CC[C@]12C. The van der Waals surface area contributed by atoms with Crippen LogP contribution >= 0.6 is 0 Å². The van der Waals surface area contributed by atoms with E-state index in [1.807, 2.05) is 13.8 Å². The lowest BCUT2D eigenvalue weighted by Crippen LogP contribution is -2.65. The molecule has 3 N–H and O–H groups in total. The molecule has 0 heterocycles. The standard InChI is InChI=1S/C26H41F2NO2/c1-16(14-26(27,28)17(2)30)19-9-11-25(29)21-7-6-18-15-22(3,31)12-13-23(18,4)20(21)8-10-24(19,25)5/h6,16,19-21,31H,7-15,29H2,1-5H3/t16-,19-,20+,21-,22+,23+,24-,25-/m1/s1. The van der Waals surface area contributed by atoms with Crippen LogP contribution in [0.4, 0.5) is 8.78 Å². The van der Waals surface area contributed by atoms with Gasteiger partial charge < -0.3 is 10.8 Å². The minimum Gasteiger partial charge on any atom is -0.390 e. The van der Waals surface area contributed by atoms with Crippen LogP contribution in [0.2, 0.25) is 0 Å². The van der Waals surface area contributed by atoms with Crippen molar-refractivity contribution in [2.24, 2.45) is 40.2 Å². The maximum Gasteiger partial charge on any atom is 0.305 e. The molecule has 176 valence electrons. The molecule has 0 aliphatic heterocycles. The van der Waals surface area contributed by atoms with E-state index in [1.54, 1.807) is 0 Å². The van der Waals surface area contributed by atoms with Gasteiger partial charge in [0.05, 0.1) is 5.60 Å². The highest BCUT2D eigenvalue weighted by atomic mass is 19.3. The van der Waals surface area contributed by atoms with Crippen molar-refractivity contribution >= 4 is 5.78 Å². The van der Waals surface area contributed by atoms with Crippen LogP contribution in [0.5, 0.6) is 0 Å². The molecule has 3 nitrogen and oxygen atoms in total. The van der Waals surface area contributed by atoms with E-state index in [0.717, 1.165) is 58.3 Å². The smallest absolute Gasteiger partial charge is 0.305 e. The minimum absolute atomic E-state index is 0.0875. The van der Waals surface area contributed by atoms with Crippen LogP contribution in [0.3, 0.4) is 0 Å². The zero-order valence-electron chi connectivity index (χ0n) is 19.9. The molecule has 0 radical (unpaired) electrons. The van der Waals surface area contributed by atoms with Crippen molar-refractivity contribution < 1.29 is 18.7 Å². The van der Waals surface area contributed by atoms with Crippen molar-refractivity contribution in [1.29, 1.82) is 0 Å². The minimum atomic E-state index is -3.25. The van der Waals surface area contributed by atoms with Gasteiger partial charge in [0.15, 0.2) is 5.78 Å². The van der Waals surface area contributed by atoms with E-state index in [9.17, 15) is 18.7 Å². The third kappa shape index (κ3) is 3.36. The summed E-state index contributed by atoms with van der Waals surface area (Å²) < 4.78 is 28.5. The van der Waals surface area contributed by atoms with Gasteiger partial charge in [0.25, 0.3) is 0 Å². The monoisotopic (exact) mass is 437 g/mol. The van der Waals surface area contributed by atoms with Crippen LogP contribution in [-0.2, 0) is 4.79 Å². The first-order valence-electron chi connectivity index (χ1n) is 12.3. The van der Waals surface area contributed by atoms with E-state index in [4.69, 9.17) is 5.73 Å². The molecular weight excluding hydrogens is 396 g/mol. The van der Waals surface area contributed by atoms with Gasteiger partial charge in [0, 0.05) is 18.9 Å². The average Bonchev–Trinajstić information content (AvgIpc) is 2.93. The Hall–Kier alpha value is -0.810. The van der Waals surface area contributed by atoms with Gasteiger partial charge in [0.2, 0.25) is 0 Å². The molecule has 4 rings (SSSR count). The van der Waals surface area contributed by atoms with E-state index in [2.05, 4.69) is 19.9 Å². The molecule has 3 fully saturated rings. The first-order valence-corrected chi connectivity index (χ1v) is 12.3. The predicted molar refractivity (Wildman–Crippen MR) is 119 cm³/mol. The Balaban J connectivity index is 1.61. The second kappa shape index (κ2) is 7.09. The second-order valence-corrected chi connectivity index (χ2v) is 12.4. The lowest BCUT2D eigenvalue weighted by atomic mass is 9.44. The number of carbonyl (C=O) groups is 1. The number of nitrogens with two attached hydrogens (primary N) is 1. The van der Waals surface area contributed by atoms with Crippen molar-refractivity contribution in [2.75, 3.05) is 0 Å². The molecule has 0 amide bonds. The fraction of sp³-hybridized carbons (Fsp3) is 0.885. The van der Waals surface area contributed by atoms with E-state index in [0.29, 0.717) is 11.8 Å². The van der Waals surface area contributed by atoms with Crippen LogP contribution in [0.25, 0.3) is 0 Å². The molecular formula is C26H41F2NO2. The van der Waals surface area contributed by atoms with Crippen molar-refractivity contribution in [2.45, 2.75) is 109 Å². The number of allylic oxidation sites excluding steroid dienone is 1. The number of ketones is 1. The number of hydrogen-bond donors (Lipinski definition) is 2. The summed E-state index contributed by atoms with van der Waals surface area (Å²) in [6.07, 6.45) is 9.26. The lowest BCUT2D eigenvalue weighted by molar-refractivity contribution is -0.145. The number of hydrogen-bond acceptors (Lipinski definition) is 3. The highest BCUT2D eigenvalue weighted by molar-refractivity contribution is 5.83. The van der Waals surface area contributed by atoms with Crippen LogP contribution in [0, 0.1) is 34.5 Å². The van der Waals surface area contributed by atoms with Crippen molar-refractivity contribution in [3.63, 3.8) is 0 Å². The summed E-state index contributed by atoms with van der Waals surface area (Å²) in [7, 11) is 0. The molecule has 0 unspecified atom stereocenters. The molecule has 0 aromatic rings. The number of aliphatic hydroxyl groups is 1. The summed E-state index contributed by atoms with van der Waals surface area (Å²) in [5, 5.41) is 10.6. The van der Waals surface area contributed by atoms with E-state index < -0.39 is 17.3 Å². The molecule has 4 aliphatic rings. The van der Waals surface area contributed by atoms with Crippen molar-refractivity contribution in [3.05, 3.63) is 11.6 Å². The number of carbonyl (C=O) groups excluding carboxylic acids is 1. The maximum atomic E-state index is 14.3. The van der Waals surface area contributed by atoms with Crippen molar-refractivity contribution in [1.82, 2.24) is 0 Å². The van der Waals surface area contributed by atoms with Gasteiger partial charge in [0.1, 0.15) is 0 Å². The number of rotatable bonds is 4. The van der Waals surface area contributed by atoms with Gasteiger partial charge >= 0.3 is 5.92 Å². The zero-order chi connectivity index (χ0) is 23.0. The molecule has 31 heavy (non-hydrogen) atoms. The molecule has 3 saturated carbocycles. The van der Waals surface area contributed by atoms with E-state index in [-0.39, 0.29) is 34.6 Å². The maximum absolute atomic E-state index is 14.3. The summed E-state index contributed by atoms with van der Waals surface area (Å²) in [5.41, 5.74) is 7.65. The first-order chi connectivity index (χ1) is 14.2. The lowest BCUT2D eigenvalue weighted by Gasteiger charge is -2.63. The third-order valence-corrected chi connectivity index (χ3v) is 10.6. The Kier molecular flexibility index (Phi) is 5.34. The third-order valence-electron chi connectivity index (χ3n) is 10.6. The number of Topliss-reactive ketones (excluding diaryl/α,β-unsaturated/α-hetero) is 1. The highest BCUT2D eigenvalue weighted by Crippen LogP contribution is 2.68. The van der Waals surface area contributed by atoms with E-state index in [1.165, 1.54) is 5.57 Å². The molecule has 0 saturated heterocycles. The van der Waals surface area contributed by atoms with Gasteiger partial charge in [-0.25, -0.2) is 0 Å². The Morgan fingerprint density at radius 1 is 1.19 bits per heavy atom. The Morgan fingerprint density at radius 2 is 1.87 bits per heavy atom. The Labute approximate surface area is 186 Å². The number of alkyl halides is 2. The fourth-order valence-corrected chi connectivity index (χ4v) is 8.51. The van der Waals surface area contributed by atoms with Crippen LogP contribution in [-0.4, -0.2) is 28.0 Å². The fourth-order valence-electron chi connectivity index (χ4n) is 8.51. The second-order valence-electron chi connectivity index (χ2n) is 12.4. The molecule has 4 aliphatic carbocycles. The van der Waals surface area contributed by atoms with Gasteiger partial charge in [-0.05, 0) is 92.8 Å². The summed E-state index contributed by atoms with van der Waals surface area (Å²) in [6, 6.07) is 0. The van der Waals surface area contributed by atoms with Crippen LogP contribution in [0.15, 0.2) is 11.6 Å². The van der Waals surface area contributed by atoms with Gasteiger partial charge in [-0.15, -0.1) is 0 Å². The quantitative estimate of drug-likeness (QED) is 0.559. The van der Waals surface area contributed by atoms with Crippen molar-refractivity contribution in [3.8, 4) is 0 Å². The van der Waals surface area contributed by atoms with Crippen LogP contribution in [0.1, 0.15) is 92.4 Å². The average molecular weight is 438 g/mol. The molecule has 5 heteroatoms. The highest BCUT2D eigenvalue weighted by Gasteiger charge is 2.66. The summed E-state index contributed by atoms with van der Waals surface area (Å²) in [5.74, 6) is -3.55. The first kappa shape index (κ1) is 23.4. The molecule has 0 aromatic carbocycles. The topological polar surface area (TPSA) is 63.3 Å². The zero-order valence-corrected chi connectivity index (χ0v) is 19.9. The van der Waals surface area contributed by atoms with E-state index >= 15 is 0 Å². The summed E-state index contributed by atoms with van der Waals surface area (Å²) in [6.45, 7) is 9.46. The molecule has 8 atom stereocenters. The van der Waals surface area contributed by atoms with Gasteiger partial charge in [-0.2, -0.15) is 8.78 Å². The summed E-state index contributed by atoms with van der Waals surface area (Å²) in [4.78, 5) is 11.4. The van der Waals surface area contributed by atoms with Gasteiger partial charge in [-0.1, -0.05) is 32.4 Å². The van der Waals surface area contributed by atoms with Crippen LogP contribution < -0.4 is 5.73 Å². The number of fused-ring (bicyclic) bond motifs is 5. The Bertz CT molecular complexity index is 792. The number of halogens is 2. The largest absolute Gasteiger partial charge is 0.390 e. The predicted octanol–water partition coefficient (Wildman–Crippen LogP) is 5.65. The molecule has 0 spiro atoms. The Morgan fingerprint density at radius 3 is 2.52 bits per heavy atom. The van der Waals surface area contributed by atoms with Gasteiger partial charge in [-0.3, -0.25) is 4.79 Å². The summed E-state index contributed by atoms with van der Waals surface area (Å²) >= 11 is 0. The normalized spacial score (nSPS) is 48.3. The molecule has 0 bridgehead atoms.